The summed E-state index contributed by atoms with van der Waals surface area (Å²) in [4.78, 5) is 14.6. The van der Waals surface area contributed by atoms with Crippen molar-refractivity contribution in [3.63, 3.8) is 0 Å². The van der Waals surface area contributed by atoms with Crippen molar-refractivity contribution in [3.8, 4) is 0 Å². The van der Waals surface area contributed by atoms with Gasteiger partial charge in [-0.15, -0.1) is 0 Å². The molecule has 0 atom stereocenters. The minimum atomic E-state index is -0.125. The molecule has 1 N–H and O–H groups in total. The first-order chi connectivity index (χ1) is 10.2. The van der Waals surface area contributed by atoms with Crippen LogP contribution in [0, 0.1) is 6.92 Å². The topological polar surface area (TPSA) is 45.5 Å². The molecule has 0 unspecified atom stereocenters. The van der Waals surface area contributed by atoms with Crippen molar-refractivity contribution in [1.82, 2.24) is 4.90 Å². The summed E-state index contributed by atoms with van der Waals surface area (Å²) in [5, 5.41) is 2.93. The third kappa shape index (κ3) is 3.34. The lowest BCUT2D eigenvalue weighted by Gasteiger charge is -2.15. The third-order valence-electron chi connectivity index (χ3n) is 3.89. The zero-order valence-corrected chi connectivity index (χ0v) is 12.3. The van der Waals surface area contributed by atoms with Crippen LogP contribution in [0.2, 0.25) is 0 Å². The first kappa shape index (κ1) is 13.9. The van der Waals surface area contributed by atoms with Crippen molar-refractivity contribution < 1.29 is 9.21 Å². The zero-order valence-electron chi connectivity index (χ0n) is 12.3. The zero-order chi connectivity index (χ0) is 14.7. The Kier molecular flexibility index (Phi) is 4.06. The highest BCUT2D eigenvalue weighted by molar-refractivity contribution is 6.04. The van der Waals surface area contributed by atoms with Crippen LogP contribution in [0.25, 0.3) is 0 Å². The molecule has 1 saturated heterocycles. The van der Waals surface area contributed by atoms with Crippen LogP contribution in [0.3, 0.4) is 0 Å². The highest BCUT2D eigenvalue weighted by atomic mass is 16.3. The number of nitrogens with one attached hydrogen (secondary N) is 1. The van der Waals surface area contributed by atoms with E-state index in [2.05, 4.69) is 16.3 Å². The van der Waals surface area contributed by atoms with Gasteiger partial charge in [0, 0.05) is 12.2 Å². The monoisotopic (exact) mass is 284 g/mol. The van der Waals surface area contributed by atoms with E-state index < -0.39 is 0 Å². The second-order valence-electron chi connectivity index (χ2n) is 5.53. The Hall–Kier alpha value is -2.07. The van der Waals surface area contributed by atoms with E-state index in [0.717, 1.165) is 12.2 Å². The molecule has 0 saturated carbocycles. The lowest BCUT2D eigenvalue weighted by Crippen LogP contribution is -2.18. The Labute approximate surface area is 124 Å². The van der Waals surface area contributed by atoms with Crippen LogP contribution < -0.4 is 5.32 Å². The maximum Gasteiger partial charge on any atom is 0.259 e. The number of likely N-dealkylation sites (tertiary alicyclic amines) is 1. The summed E-state index contributed by atoms with van der Waals surface area (Å²) in [6.45, 7) is 5.09. The fourth-order valence-corrected chi connectivity index (χ4v) is 2.77. The molecule has 21 heavy (non-hydrogen) atoms. The number of hydrogen-bond acceptors (Lipinski definition) is 3. The van der Waals surface area contributed by atoms with Crippen LogP contribution in [0.4, 0.5) is 5.69 Å². The summed E-state index contributed by atoms with van der Waals surface area (Å²) in [7, 11) is 0. The molecular formula is C17H20N2O2. The van der Waals surface area contributed by atoms with Crippen molar-refractivity contribution >= 4 is 11.6 Å². The van der Waals surface area contributed by atoms with E-state index in [1.54, 1.807) is 13.0 Å². The van der Waals surface area contributed by atoms with Crippen molar-refractivity contribution in [2.45, 2.75) is 26.3 Å². The maximum atomic E-state index is 12.2. The molecule has 3 rings (SSSR count). The van der Waals surface area contributed by atoms with Gasteiger partial charge in [0.2, 0.25) is 0 Å². The van der Waals surface area contributed by atoms with E-state index in [1.165, 1.54) is 37.8 Å². The molecule has 1 aliphatic heterocycles. The van der Waals surface area contributed by atoms with Crippen molar-refractivity contribution in [3.05, 3.63) is 53.5 Å². The summed E-state index contributed by atoms with van der Waals surface area (Å²) in [5.74, 6) is 0.514. The van der Waals surface area contributed by atoms with Gasteiger partial charge in [0.1, 0.15) is 5.76 Å². The van der Waals surface area contributed by atoms with Crippen LogP contribution in [0.1, 0.15) is 34.5 Å². The minimum Gasteiger partial charge on any atom is -0.469 e. The van der Waals surface area contributed by atoms with Crippen molar-refractivity contribution in [2.75, 3.05) is 18.4 Å². The van der Waals surface area contributed by atoms with Crippen LogP contribution in [-0.2, 0) is 6.54 Å². The molecule has 4 heteroatoms. The number of amides is 1. The Morgan fingerprint density at radius 1 is 1.29 bits per heavy atom. The number of hydrogen-bond donors (Lipinski definition) is 1. The molecule has 2 aromatic rings. The van der Waals surface area contributed by atoms with E-state index in [0.29, 0.717) is 11.3 Å². The van der Waals surface area contributed by atoms with Gasteiger partial charge in [-0.05, 0) is 56.6 Å². The molecule has 1 aromatic carbocycles. The Bertz CT molecular complexity index is 627. The van der Waals surface area contributed by atoms with E-state index in [1.807, 2.05) is 18.2 Å². The predicted octanol–water partition coefficient (Wildman–Crippen LogP) is 3.44. The Balaban J connectivity index is 1.68. The summed E-state index contributed by atoms with van der Waals surface area (Å²) in [6.07, 6.45) is 4.11. The quantitative estimate of drug-likeness (QED) is 0.935. The first-order valence-electron chi connectivity index (χ1n) is 7.39. The summed E-state index contributed by atoms with van der Waals surface area (Å²) in [6, 6.07) is 9.76. The molecule has 2 heterocycles. The number of rotatable bonds is 4. The number of nitrogens with zero attached hydrogens (tertiary/aromatic N) is 1. The number of benzene rings is 1. The molecule has 0 aliphatic carbocycles. The van der Waals surface area contributed by atoms with Gasteiger partial charge in [0.05, 0.1) is 11.8 Å². The predicted molar refractivity (Wildman–Crippen MR) is 82.4 cm³/mol. The van der Waals surface area contributed by atoms with Gasteiger partial charge in [-0.3, -0.25) is 9.69 Å². The molecule has 0 radical (unpaired) electrons. The number of carbonyl (C=O) groups excluding carboxylic acids is 1. The van der Waals surface area contributed by atoms with E-state index in [4.69, 9.17) is 4.42 Å². The van der Waals surface area contributed by atoms with Gasteiger partial charge in [-0.2, -0.15) is 0 Å². The van der Waals surface area contributed by atoms with Gasteiger partial charge in [-0.1, -0.05) is 12.1 Å². The fraction of sp³-hybridized carbons (Fsp3) is 0.353. The lowest BCUT2D eigenvalue weighted by molar-refractivity contribution is 0.102. The molecule has 1 aliphatic rings. The Morgan fingerprint density at radius 3 is 2.81 bits per heavy atom. The minimum absolute atomic E-state index is 0.125. The van der Waals surface area contributed by atoms with Gasteiger partial charge >= 0.3 is 0 Å². The molecule has 1 fully saturated rings. The van der Waals surface area contributed by atoms with E-state index >= 15 is 0 Å². The molecule has 1 aromatic heterocycles. The molecular weight excluding hydrogens is 264 g/mol. The highest BCUT2D eigenvalue weighted by Gasteiger charge is 2.13. The van der Waals surface area contributed by atoms with Crippen LogP contribution in [-0.4, -0.2) is 23.9 Å². The molecule has 0 bridgehead atoms. The summed E-state index contributed by atoms with van der Waals surface area (Å²) < 4.78 is 5.17. The molecule has 110 valence electrons. The van der Waals surface area contributed by atoms with Gasteiger partial charge in [0.15, 0.2) is 0 Å². The smallest absolute Gasteiger partial charge is 0.259 e. The third-order valence-corrected chi connectivity index (χ3v) is 3.89. The molecule has 4 nitrogen and oxygen atoms in total. The SMILES string of the molecule is Cc1occc1C(=O)Nc1cccc(CN2CCCC2)c1. The van der Waals surface area contributed by atoms with Crippen molar-refractivity contribution in [2.24, 2.45) is 0 Å². The van der Waals surface area contributed by atoms with E-state index in [-0.39, 0.29) is 5.91 Å². The average Bonchev–Trinajstić information content (AvgIpc) is 3.10. The largest absolute Gasteiger partial charge is 0.469 e. The Morgan fingerprint density at radius 2 is 2.10 bits per heavy atom. The summed E-state index contributed by atoms with van der Waals surface area (Å²) in [5.41, 5.74) is 2.65. The number of aryl methyl sites for hydroxylation is 1. The normalized spacial score (nSPS) is 15.3. The molecule has 1 amide bonds. The second-order valence-corrected chi connectivity index (χ2v) is 5.53. The number of carbonyl (C=O) groups is 1. The van der Waals surface area contributed by atoms with Crippen LogP contribution >= 0.6 is 0 Å². The van der Waals surface area contributed by atoms with E-state index in [9.17, 15) is 4.79 Å². The fourth-order valence-electron chi connectivity index (χ4n) is 2.77. The van der Waals surface area contributed by atoms with Gasteiger partial charge in [-0.25, -0.2) is 0 Å². The standard InChI is InChI=1S/C17H20N2O2/c1-13-16(7-10-21-13)17(20)18-15-6-4-5-14(11-15)12-19-8-2-3-9-19/h4-7,10-11H,2-3,8-9,12H2,1H3,(H,18,20). The van der Waals surface area contributed by atoms with Gasteiger partial charge < -0.3 is 9.73 Å². The van der Waals surface area contributed by atoms with Crippen LogP contribution in [0.15, 0.2) is 41.0 Å². The first-order valence-corrected chi connectivity index (χ1v) is 7.39. The lowest BCUT2D eigenvalue weighted by atomic mass is 10.1. The second kappa shape index (κ2) is 6.14. The van der Waals surface area contributed by atoms with Crippen LogP contribution in [0.5, 0.6) is 0 Å². The average molecular weight is 284 g/mol. The number of furan rings is 1. The maximum absolute atomic E-state index is 12.2. The van der Waals surface area contributed by atoms with Crippen molar-refractivity contribution in [1.29, 1.82) is 0 Å². The number of anilines is 1. The van der Waals surface area contributed by atoms with Gasteiger partial charge in [0.25, 0.3) is 5.91 Å². The highest BCUT2D eigenvalue weighted by Crippen LogP contribution is 2.17. The molecule has 0 spiro atoms. The summed E-state index contributed by atoms with van der Waals surface area (Å²) >= 11 is 0.